The first-order valence-corrected chi connectivity index (χ1v) is 6.76. The average Bonchev–Trinajstić information content (AvgIpc) is 2.85. The fourth-order valence-electron chi connectivity index (χ4n) is 2.32. The maximum Gasteiger partial charge on any atom is 0.288 e. The molecular weight excluding hydrogens is 298 g/mol. The number of nitro groups is 1. The van der Waals surface area contributed by atoms with Crippen LogP contribution in [0.15, 0.2) is 18.2 Å². The fourth-order valence-corrected chi connectivity index (χ4v) is 2.50. The van der Waals surface area contributed by atoms with Crippen LogP contribution in [0.3, 0.4) is 0 Å². The van der Waals surface area contributed by atoms with Crippen LogP contribution >= 0.6 is 11.6 Å². The second kappa shape index (κ2) is 6.09. The van der Waals surface area contributed by atoms with Gasteiger partial charge in [0.15, 0.2) is 0 Å². The minimum atomic E-state index is -0.622. The average molecular weight is 312 g/mol. The Bertz CT molecular complexity index is 605. The zero-order valence-corrected chi connectivity index (χ0v) is 12.1. The number of rotatable bonds is 3. The third kappa shape index (κ3) is 3.49. The van der Waals surface area contributed by atoms with Gasteiger partial charge in [0, 0.05) is 37.7 Å². The predicted molar refractivity (Wildman–Crippen MR) is 76.2 cm³/mol. The third-order valence-corrected chi connectivity index (χ3v) is 3.59. The van der Waals surface area contributed by atoms with Crippen LogP contribution in [-0.4, -0.2) is 40.8 Å². The van der Waals surface area contributed by atoms with Crippen molar-refractivity contribution in [3.63, 3.8) is 0 Å². The lowest BCUT2D eigenvalue weighted by Gasteiger charge is -2.16. The monoisotopic (exact) mass is 311 g/mol. The van der Waals surface area contributed by atoms with E-state index in [1.807, 2.05) is 0 Å². The Kier molecular flexibility index (Phi) is 4.42. The van der Waals surface area contributed by atoms with E-state index in [4.69, 9.17) is 11.6 Å². The summed E-state index contributed by atoms with van der Waals surface area (Å²) < 4.78 is 0. The Hall–Kier alpha value is -2.15. The van der Waals surface area contributed by atoms with Gasteiger partial charge >= 0.3 is 0 Å². The highest BCUT2D eigenvalue weighted by atomic mass is 35.5. The van der Waals surface area contributed by atoms with Crippen molar-refractivity contribution < 1.29 is 14.5 Å². The van der Waals surface area contributed by atoms with Crippen LogP contribution < -0.4 is 5.32 Å². The van der Waals surface area contributed by atoms with Gasteiger partial charge in [0.05, 0.1) is 4.92 Å². The molecule has 1 N–H and O–H groups in total. The molecule has 112 valence electrons. The van der Waals surface area contributed by atoms with Gasteiger partial charge in [-0.3, -0.25) is 19.7 Å². The quantitative estimate of drug-likeness (QED) is 0.678. The molecule has 0 aliphatic carbocycles. The van der Waals surface area contributed by atoms with E-state index in [1.165, 1.54) is 25.1 Å². The molecule has 2 amide bonds. The van der Waals surface area contributed by atoms with E-state index in [0.29, 0.717) is 19.5 Å². The molecule has 1 aliphatic heterocycles. The van der Waals surface area contributed by atoms with E-state index < -0.39 is 4.92 Å². The van der Waals surface area contributed by atoms with Crippen LogP contribution in [0.4, 0.5) is 5.69 Å². The molecule has 1 heterocycles. The van der Waals surface area contributed by atoms with E-state index in [-0.39, 0.29) is 34.1 Å². The Morgan fingerprint density at radius 2 is 2.19 bits per heavy atom. The molecule has 0 aromatic heterocycles. The van der Waals surface area contributed by atoms with Crippen LogP contribution in [0, 0.1) is 10.1 Å². The maximum absolute atomic E-state index is 12.3. The van der Waals surface area contributed by atoms with E-state index in [2.05, 4.69) is 5.32 Å². The summed E-state index contributed by atoms with van der Waals surface area (Å²) in [7, 11) is 0. The second-order valence-corrected chi connectivity index (χ2v) is 5.27. The van der Waals surface area contributed by atoms with Crippen LogP contribution in [0.5, 0.6) is 0 Å². The van der Waals surface area contributed by atoms with Crippen molar-refractivity contribution in [3.05, 3.63) is 38.9 Å². The number of benzene rings is 1. The molecule has 1 aromatic carbocycles. The zero-order chi connectivity index (χ0) is 15.6. The number of hydrogen-bond acceptors (Lipinski definition) is 4. The molecule has 1 saturated heterocycles. The number of carbonyl (C=O) groups is 2. The number of hydrogen-bond donors (Lipinski definition) is 1. The minimum absolute atomic E-state index is 0.00547. The fraction of sp³-hybridized carbons (Fsp3) is 0.385. The first-order valence-electron chi connectivity index (χ1n) is 6.39. The van der Waals surface area contributed by atoms with Gasteiger partial charge in [-0.2, -0.15) is 0 Å². The van der Waals surface area contributed by atoms with Crippen LogP contribution in [0.25, 0.3) is 0 Å². The molecular formula is C13H14ClN3O4. The summed E-state index contributed by atoms with van der Waals surface area (Å²) in [6.45, 7) is 2.32. The van der Waals surface area contributed by atoms with E-state index in [1.54, 1.807) is 4.90 Å². The zero-order valence-electron chi connectivity index (χ0n) is 11.3. The standard InChI is InChI=1S/C13H14ClN3O4/c1-8(18)15-10-4-5-16(7-10)13(19)9-2-3-11(14)12(6-9)17(20)21/h2-3,6,10H,4-5,7H2,1H3,(H,15,18). The van der Waals surface area contributed by atoms with Crippen molar-refractivity contribution in [1.82, 2.24) is 10.2 Å². The number of nitrogens with zero attached hydrogens (tertiary/aromatic N) is 2. The number of likely N-dealkylation sites (tertiary alicyclic amines) is 1. The van der Waals surface area contributed by atoms with Gasteiger partial charge in [-0.15, -0.1) is 0 Å². The highest BCUT2D eigenvalue weighted by Crippen LogP contribution is 2.26. The topological polar surface area (TPSA) is 92.6 Å². The van der Waals surface area contributed by atoms with E-state index in [9.17, 15) is 19.7 Å². The largest absolute Gasteiger partial charge is 0.352 e. The molecule has 1 unspecified atom stereocenters. The molecule has 0 saturated carbocycles. The number of nitrogens with one attached hydrogen (secondary N) is 1. The molecule has 2 rings (SSSR count). The number of halogens is 1. The smallest absolute Gasteiger partial charge is 0.288 e. The highest BCUT2D eigenvalue weighted by Gasteiger charge is 2.28. The summed E-state index contributed by atoms with van der Waals surface area (Å²) in [5, 5.41) is 13.6. The number of carbonyl (C=O) groups excluding carboxylic acids is 2. The molecule has 0 bridgehead atoms. The summed E-state index contributed by atoms with van der Waals surface area (Å²) in [5.41, 5.74) is -0.0744. The lowest BCUT2D eigenvalue weighted by atomic mass is 10.2. The molecule has 7 nitrogen and oxygen atoms in total. The Morgan fingerprint density at radius 1 is 1.48 bits per heavy atom. The van der Waals surface area contributed by atoms with E-state index in [0.717, 1.165) is 0 Å². The first kappa shape index (κ1) is 15.2. The predicted octanol–water partition coefficient (Wildman–Crippen LogP) is 1.60. The highest BCUT2D eigenvalue weighted by molar-refractivity contribution is 6.32. The van der Waals surface area contributed by atoms with Crippen LogP contribution in [-0.2, 0) is 4.79 Å². The molecule has 1 aliphatic rings. The lowest BCUT2D eigenvalue weighted by molar-refractivity contribution is -0.384. The van der Waals surface area contributed by atoms with Gasteiger partial charge in [0.2, 0.25) is 5.91 Å². The molecule has 21 heavy (non-hydrogen) atoms. The van der Waals surface area contributed by atoms with Crippen molar-refractivity contribution >= 4 is 29.1 Å². The normalized spacial score (nSPS) is 17.6. The molecule has 0 spiro atoms. The molecule has 1 aromatic rings. The minimum Gasteiger partial charge on any atom is -0.352 e. The van der Waals surface area contributed by atoms with Gasteiger partial charge in [0.25, 0.3) is 11.6 Å². The summed E-state index contributed by atoms with van der Waals surface area (Å²) >= 11 is 5.72. The molecule has 1 atom stereocenters. The van der Waals surface area contributed by atoms with Gasteiger partial charge < -0.3 is 10.2 Å². The summed E-state index contributed by atoms with van der Waals surface area (Å²) in [6.07, 6.45) is 0.668. The van der Waals surface area contributed by atoms with Crippen molar-refractivity contribution in [2.45, 2.75) is 19.4 Å². The molecule has 0 radical (unpaired) electrons. The van der Waals surface area contributed by atoms with Gasteiger partial charge in [-0.1, -0.05) is 11.6 Å². The second-order valence-electron chi connectivity index (χ2n) is 4.86. The number of nitro benzene ring substituents is 1. The molecule has 8 heteroatoms. The SMILES string of the molecule is CC(=O)NC1CCN(C(=O)c2ccc(Cl)c([N+](=O)[O-])c2)C1. The van der Waals surface area contributed by atoms with Gasteiger partial charge in [-0.05, 0) is 18.6 Å². The number of amides is 2. The lowest BCUT2D eigenvalue weighted by Crippen LogP contribution is -2.37. The van der Waals surface area contributed by atoms with Gasteiger partial charge in [-0.25, -0.2) is 0 Å². The first-order chi connectivity index (χ1) is 9.88. The van der Waals surface area contributed by atoms with Crippen molar-refractivity contribution in [2.75, 3.05) is 13.1 Å². The van der Waals surface area contributed by atoms with Crippen molar-refractivity contribution in [1.29, 1.82) is 0 Å². The third-order valence-electron chi connectivity index (χ3n) is 3.27. The van der Waals surface area contributed by atoms with Crippen molar-refractivity contribution in [3.8, 4) is 0 Å². The van der Waals surface area contributed by atoms with Crippen molar-refractivity contribution in [2.24, 2.45) is 0 Å². The summed E-state index contributed by atoms with van der Waals surface area (Å²) in [6, 6.07) is 3.90. The summed E-state index contributed by atoms with van der Waals surface area (Å²) in [5.74, 6) is -0.445. The van der Waals surface area contributed by atoms with E-state index >= 15 is 0 Å². The van der Waals surface area contributed by atoms with Gasteiger partial charge in [0.1, 0.15) is 5.02 Å². The Labute approximate surface area is 126 Å². The van der Waals surface area contributed by atoms with Crippen LogP contribution in [0.1, 0.15) is 23.7 Å². The summed E-state index contributed by atoms with van der Waals surface area (Å²) in [4.78, 5) is 35.1. The maximum atomic E-state index is 12.3. The van der Waals surface area contributed by atoms with Crippen LogP contribution in [0.2, 0.25) is 5.02 Å². The Morgan fingerprint density at radius 3 is 2.81 bits per heavy atom. The Balaban J connectivity index is 2.12. The molecule has 1 fully saturated rings.